The Morgan fingerprint density at radius 3 is 2.82 bits per heavy atom. The zero-order valence-electron chi connectivity index (χ0n) is 6.31. The van der Waals surface area contributed by atoms with E-state index in [1.807, 2.05) is 0 Å². The maximum atomic E-state index is 10.9. The molecule has 0 unspecified atom stereocenters. The lowest BCUT2D eigenvalue weighted by Crippen LogP contribution is -2.39. The summed E-state index contributed by atoms with van der Waals surface area (Å²) in [6.45, 7) is 0.443. The molecule has 0 radical (unpaired) electrons. The Morgan fingerprint density at radius 2 is 2.36 bits per heavy atom. The van der Waals surface area contributed by atoms with Crippen molar-refractivity contribution in [2.24, 2.45) is 0 Å². The highest BCUT2D eigenvalue weighted by Gasteiger charge is 2.19. The molecule has 0 aromatic heterocycles. The summed E-state index contributed by atoms with van der Waals surface area (Å²) >= 11 is 3.17. The summed E-state index contributed by atoms with van der Waals surface area (Å²) in [6, 6.07) is 0.373. The maximum absolute atomic E-state index is 10.9. The van der Waals surface area contributed by atoms with Crippen molar-refractivity contribution >= 4 is 22.0 Å². The molecule has 64 valence electrons. The Morgan fingerprint density at radius 1 is 1.64 bits per heavy atom. The van der Waals surface area contributed by atoms with E-state index >= 15 is 0 Å². The number of alkyl carbamates (subject to hydrolysis) is 1. The van der Waals surface area contributed by atoms with E-state index in [1.165, 1.54) is 6.42 Å². The number of hydrogen-bond donors (Lipinski definition) is 1. The fourth-order valence-electron chi connectivity index (χ4n) is 0.892. The number of ether oxygens (including phenoxy) is 1. The van der Waals surface area contributed by atoms with Gasteiger partial charge in [-0.1, -0.05) is 15.9 Å². The third-order valence-electron chi connectivity index (χ3n) is 1.74. The second-order valence-electron chi connectivity index (χ2n) is 2.60. The van der Waals surface area contributed by atoms with Crippen LogP contribution in [-0.2, 0) is 4.74 Å². The normalized spacial score (nSPS) is 17.2. The molecule has 4 heteroatoms. The molecule has 1 N–H and O–H groups in total. The summed E-state index contributed by atoms with van der Waals surface area (Å²) in [5, 5.41) is 3.47. The van der Waals surface area contributed by atoms with E-state index < -0.39 is 0 Å². The molecule has 3 nitrogen and oxygen atoms in total. The second-order valence-corrected chi connectivity index (χ2v) is 3.39. The number of rotatable bonds is 3. The molecular formula is C7H12BrNO2. The lowest BCUT2D eigenvalue weighted by atomic mass is 9.93. The quantitative estimate of drug-likeness (QED) is 0.737. The first-order valence-electron chi connectivity index (χ1n) is 3.82. The predicted octanol–water partition coefficient (Wildman–Crippen LogP) is 1.66. The summed E-state index contributed by atoms with van der Waals surface area (Å²) in [5.74, 6) is 0. The number of nitrogens with one attached hydrogen (secondary N) is 1. The smallest absolute Gasteiger partial charge is 0.407 e. The molecule has 1 amide bonds. The lowest BCUT2D eigenvalue weighted by molar-refractivity contribution is 0.143. The minimum Gasteiger partial charge on any atom is -0.449 e. The summed E-state index contributed by atoms with van der Waals surface area (Å²) in [5.41, 5.74) is 0. The van der Waals surface area contributed by atoms with Crippen LogP contribution >= 0.6 is 15.9 Å². The van der Waals surface area contributed by atoms with Gasteiger partial charge in [0, 0.05) is 11.4 Å². The first-order valence-corrected chi connectivity index (χ1v) is 4.94. The van der Waals surface area contributed by atoms with Crippen LogP contribution in [0.4, 0.5) is 4.79 Å². The molecule has 0 heterocycles. The van der Waals surface area contributed by atoms with Crippen LogP contribution in [0.1, 0.15) is 19.3 Å². The number of halogens is 1. The largest absolute Gasteiger partial charge is 0.449 e. The van der Waals surface area contributed by atoms with Crippen molar-refractivity contribution in [2.45, 2.75) is 25.3 Å². The molecule has 1 aliphatic carbocycles. The van der Waals surface area contributed by atoms with Crippen LogP contribution in [-0.4, -0.2) is 24.1 Å². The van der Waals surface area contributed by atoms with Gasteiger partial charge in [0.05, 0.1) is 0 Å². The monoisotopic (exact) mass is 221 g/mol. The Hall–Kier alpha value is -0.250. The highest BCUT2D eigenvalue weighted by Crippen LogP contribution is 2.17. The van der Waals surface area contributed by atoms with Crippen LogP contribution in [0.3, 0.4) is 0 Å². The average molecular weight is 222 g/mol. The average Bonchev–Trinajstić information content (AvgIpc) is 1.93. The summed E-state index contributed by atoms with van der Waals surface area (Å²) in [6.07, 6.45) is 3.14. The number of carbonyl (C=O) groups is 1. The molecule has 0 saturated heterocycles. The van der Waals surface area contributed by atoms with Crippen molar-refractivity contribution in [1.82, 2.24) is 5.32 Å². The fourth-order valence-corrected chi connectivity index (χ4v) is 1.05. The van der Waals surface area contributed by atoms with Gasteiger partial charge in [0.1, 0.15) is 6.61 Å². The highest BCUT2D eigenvalue weighted by atomic mass is 79.9. The number of carbonyl (C=O) groups excluding carboxylic acids is 1. The minimum absolute atomic E-state index is 0.283. The molecule has 1 saturated carbocycles. The van der Waals surface area contributed by atoms with E-state index in [1.54, 1.807) is 0 Å². The Labute approximate surface area is 74.6 Å². The van der Waals surface area contributed by atoms with Crippen molar-refractivity contribution in [1.29, 1.82) is 0 Å². The first-order chi connectivity index (χ1) is 5.33. The molecule has 11 heavy (non-hydrogen) atoms. The summed E-state index contributed by atoms with van der Waals surface area (Å²) in [4.78, 5) is 10.9. The van der Waals surface area contributed by atoms with Gasteiger partial charge in [-0.05, 0) is 19.3 Å². The Kier molecular flexibility index (Phi) is 3.69. The van der Waals surface area contributed by atoms with Gasteiger partial charge in [0.25, 0.3) is 0 Å². The SMILES string of the molecule is O=C(NC1CCC1)OCCBr. The molecule has 0 aromatic carbocycles. The van der Waals surface area contributed by atoms with Crippen LogP contribution in [0.5, 0.6) is 0 Å². The van der Waals surface area contributed by atoms with Crippen LogP contribution in [0.15, 0.2) is 0 Å². The third-order valence-corrected chi connectivity index (χ3v) is 2.06. The molecule has 0 atom stereocenters. The number of amides is 1. The zero-order valence-corrected chi connectivity index (χ0v) is 7.89. The van der Waals surface area contributed by atoms with Crippen LogP contribution < -0.4 is 5.32 Å². The van der Waals surface area contributed by atoms with Crippen LogP contribution in [0.25, 0.3) is 0 Å². The molecule has 0 aromatic rings. The van der Waals surface area contributed by atoms with Crippen molar-refractivity contribution in [3.63, 3.8) is 0 Å². The van der Waals surface area contributed by atoms with E-state index in [0.29, 0.717) is 18.0 Å². The van der Waals surface area contributed by atoms with Crippen molar-refractivity contribution < 1.29 is 9.53 Å². The predicted molar refractivity (Wildman–Crippen MR) is 45.9 cm³/mol. The van der Waals surface area contributed by atoms with Gasteiger partial charge in [0.15, 0.2) is 0 Å². The highest BCUT2D eigenvalue weighted by molar-refractivity contribution is 9.09. The van der Waals surface area contributed by atoms with Gasteiger partial charge >= 0.3 is 6.09 Å². The van der Waals surface area contributed by atoms with E-state index in [4.69, 9.17) is 4.74 Å². The molecular weight excluding hydrogens is 210 g/mol. The lowest BCUT2D eigenvalue weighted by Gasteiger charge is -2.25. The van der Waals surface area contributed by atoms with E-state index in [2.05, 4.69) is 21.2 Å². The van der Waals surface area contributed by atoms with Crippen molar-refractivity contribution in [2.75, 3.05) is 11.9 Å². The van der Waals surface area contributed by atoms with Gasteiger partial charge in [-0.15, -0.1) is 0 Å². The second kappa shape index (κ2) is 4.59. The molecule has 0 aliphatic heterocycles. The van der Waals surface area contributed by atoms with Gasteiger partial charge < -0.3 is 10.1 Å². The van der Waals surface area contributed by atoms with Crippen LogP contribution in [0.2, 0.25) is 0 Å². The van der Waals surface area contributed by atoms with Crippen LogP contribution in [0, 0.1) is 0 Å². The minimum atomic E-state index is -0.283. The fraction of sp³-hybridized carbons (Fsp3) is 0.857. The van der Waals surface area contributed by atoms with Gasteiger partial charge in [-0.3, -0.25) is 0 Å². The van der Waals surface area contributed by atoms with Crippen molar-refractivity contribution in [3.05, 3.63) is 0 Å². The molecule has 1 rings (SSSR count). The first kappa shape index (κ1) is 8.84. The van der Waals surface area contributed by atoms with E-state index in [0.717, 1.165) is 12.8 Å². The Bertz CT molecular complexity index is 136. The molecule has 1 aliphatic rings. The third kappa shape index (κ3) is 3.10. The van der Waals surface area contributed by atoms with Crippen molar-refractivity contribution in [3.8, 4) is 0 Å². The number of hydrogen-bond acceptors (Lipinski definition) is 2. The van der Waals surface area contributed by atoms with E-state index in [-0.39, 0.29) is 6.09 Å². The maximum Gasteiger partial charge on any atom is 0.407 e. The van der Waals surface area contributed by atoms with Gasteiger partial charge in [-0.2, -0.15) is 0 Å². The molecule has 1 fully saturated rings. The topological polar surface area (TPSA) is 38.3 Å². The van der Waals surface area contributed by atoms with Gasteiger partial charge in [-0.25, -0.2) is 4.79 Å². The molecule has 0 spiro atoms. The molecule has 0 bridgehead atoms. The Balaban J connectivity index is 2.00. The number of alkyl halides is 1. The van der Waals surface area contributed by atoms with Gasteiger partial charge in [0.2, 0.25) is 0 Å². The zero-order chi connectivity index (χ0) is 8.10. The van der Waals surface area contributed by atoms with E-state index in [9.17, 15) is 4.79 Å². The summed E-state index contributed by atoms with van der Waals surface area (Å²) in [7, 11) is 0. The summed E-state index contributed by atoms with van der Waals surface area (Å²) < 4.78 is 4.80. The standard InChI is InChI=1S/C7H12BrNO2/c8-4-5-11-7(10)9-6-2-1-3-6/h6H,1-5H2,(H,9,10).